The summed E-state index contributed by atoms with van der Waals surface area (Å²) in [5.74, 6) is -0.385. The molecule has 2 aromatic rings. The fourth-order valence-corrected chi connectivity index (χ4v) is 2.96. The smallest absolute Gasteiger partial charge is 0.331 e. The lowest BCUT2D eigenvalue weighted by Crippen LogP contribution is -2.24. The van der Waals surface area contributed by atoms with Crippen LogP contribution in [0.25, 0.3) is 0 Å². The molecule has 1 aliphatic rings. The molecule has 9 heteroatoms. The van der Waals surface area contributed by atoms with Gasteiger partial charge in [-0.25, -0.2) is 14.8 Å². The van der Waals surface area contributed by atoms with E-state index in [2.05, 4.69) is 20.7 Å². The second kappa shape index (κ2) is 6.35. The Balaban J connectivity index is 1.75. The van der Waals surface area contributed by atoms with Gasteiger partial charge in [0.1, 0.15) is 6.54 Å². The summed E-state index contributed by atoms with van der Waals surface area (Å²) in [6, 6.07) is 7.26. The first-order valence-corrected chi connectivity index (χ1v) is 7.86. The van der Waals surface area contributed by atoms with E-state index < -0.39 is 6.03 Å². The molecular weight excluding hydrogens is 338 g/mol. The number of hydrogen-bond donors (Lipinski definition) is 2. The number of benzene rings is 1. The van der Waals surface area contributed by atoms with Crippen LogP contribution in [0.3, 0.4) is 0 Å². The van der Waals surface area contributed by atoms with Crippen molar-refractivity contribution in [3.05, 3.63) is 39.9 Å². The average Bonchev–Trinajstić information content (AvgIpc) is 3.01. The van der Waals surface area contributed by atoms with Crippen molar-refractivity contribution in [2.24, 2.45) is 5.10 Å². The molecule has 118 valence electrons. The van der Waals surface area contributed by atoms with Crippen LogP contribution in [-0.4, -0.2) is 34.7 Å². The molecule has 0 radical (unpaired) electrons. The van der Waals surface area contributed by atoms with Crippen LogP contribution in [0.2, 0.25) is 5.15 Å². The maximum Gasteiger partial charge on any atom is 0.344 e. The van der Waals surface area contributed by atoms with E-state index in [1.807, 2.05) is 31.2 Å². The van der Waals surface area contributed by atoms with Gasteiger partial charge in [-0.15, -0.1) is 0 Å². The molecule has 2 N–H and O–H groups in total. The summed E-state index contributed by atoms with van der Waals surface area (Å²) in [5, 5.41) is 11.2. The Morgan fingerprint density at radius 1 is 1.43 bits per heavy atom. The number of urea groups is 1. The van der Waals surface area contributed by atoms with Crippen molar-refractivity contribution in [1.82, 2.24) is 15.3 Å². The number of hydrogen-bond acceptors (Lipinski definition) is 6. The Morgan fingerprint density at radius 2 is 2.22 bits per heavy atom. The number of aryl methyl sites for hydroxylation is 1. The number of nitrogens with one attached hydrogen (secondary N) is 2. The highest BCUT2D eigenvalue weighted by Gasteiger charge is 2.26. The minimum Gasteiger partial charge on any atom is -0.331 e. The third-order valence-corrected chi connectivity index (χ3v) is 4.39. The number of carbonyl (C=O) groups is 2. The molecule has 0 bridgehead atoms. The van der Waals surface area contributed by atoms with Crippen molar-refractivity contribution in [2.75, 3.05) is 11.9 Å². The lowest BCUT2D eigenvalue weighted by Gasteiger charge is -2.05. The molecule has 7 nitrogen and oxygen atoms in total. The number of rotatable bonds is 4. The van der Waals surface area contributed by atoms with Crippen LogP contribution in [0, 0.1) is 6.92 Å². The summed E-state index contributed by atoms with van der Waals surface area (Å²) in [4.78, 5) is 27.3. The van der Waals surface area contributed by atoms with E-state index >= 15 is 0 Å². The predicted octanol–water partition coefficient (Wildman–Crippen LogP) is 2.73. The Morgan fingerprint density at radius 3 is 2.91 bits per heavy atom. The number of anilines is 2. The molecule has 0 atom stereocenters. The molecule has 0 spiro atoms. The van der Waals surface area contributed by atoms with Gasteiger partial charge in [-0.3, -0.25) is 10.1 Å². The van der Waals surface area contributed by atoms with E-state index in [1.54, 1.807) is 0 Å². The fourth-order valence-electron chi connectivity index (χ4n) is 1.92. The van der Waals surface area contributed by atoms with Gasteiger partial charge in [0.25, 0.3) is 0 Å². The third kappa shape index (κ3) is 3.49. The van der Waals surface area contributed by atoms with E-state index in [4.69, 9.17) is 11.6 Å². The van der Waals surface area contributed by atoms with Gasteiger partial charge < -0.3 is 5.32 Å². The number of halogens is 1. The van der Waals surface area contributed by atoms with E-state index in [0.717, 1.165) is 16.3 Å². The first kappa shape index (κ1) is 15.4. The topological polar surface area (TPSA) is 86.7 Å². The van der Waals surface area contributed by atoms with E-state index in [9.17, 15) is 9.59 Å². The van der Waals surface area contributed by atoms with E-state index in [-0.39, 0.29) is 17.6 Å². The zero-order valence-electron chi connectivity index (χ0n) is 12.0. The fraction of sp³-hybridized carbons (Fsp3) is 0.143. The maximum atomic E-state index is 11.4. The Hall–Kier alpha value is -2.45. The Labute approximate surface area is 141 Å². The zero-order valence-corrected chi connectivity index (χ0v) is 13.6. The van der Waals surface area contributed by atoms with Crippen molar-refractivity contribution in [2.45, 2.75) is 6.92 Å². The summed E-state index contributed by atoms with van der Waals surface area (Å²) < 4.78 is 0. The lowest BCUT2D eigenvalue weighted by atomic mass is 10.2. The zero-order chi connectivity index (χ0) is 16.4. The first-order valence-electron chi connectivity index (χ1n) is 6.67. The number of aromatic nitrogens is 1. The van der Waals surface area contributed by atoms with Gasteiger partial charge in [0.05, 0.1) is 11.1 Å². The molecule has 23 heavy (non-hydrogen) atoms. The van der Waals surface area contributed by atoms with Crippen LogP contribution in [0.15, 0.2) is 29.4 Å². The van der Waals surface area contributed by atoms with Crippen LogP contribution < -0.4 is 10.6 Å². The molecule has 1 aromatic heterocycles. The molecule has 3 rings (SSSR count). The highest BCUT2D eigenvalue weighted by molar-refractivity contribution is 7.17. The number of imide groups is 1. The second-order valence-electron chi connectivity index (χ2n) is 4.77. The van der Waals surface area contributed by atoms with Gasteiger partial charge >= 0.3 is 6.03 Å². The van der Waals surface area contributed by atoms with Crippen molar-refractivity contribution in [3.8, 4) is 0 Å². The number of hydrazone groups is 1. The first-order chi connectivity index (χ1) is 11.0. The number of thiazole rings is 1. The van der Waals surface area contributed by atoms with Crippen molar-refractivity contribution in [3.63, 3.8) is 0 Å². The van der Waals surface area contributed by atoms with Gasteiger partial charge in [0, 0.05) is 5.69 Å². The van der Waals surface area contributed by atoms with Crippen LogP contribution in [0.5, 0.6) is 0 Å². The molecule has 3 amide bonds. The SMILES string of the molecule is Cc1ccccc1Nc1nc(Cl)c(/C=N/N2CC(=O)NC2=O)s1. The van der Waals surface area contributed by atoms with Crippen LogP contribution in [-0.2, 0) is 4.79 Å². The molecule has 1 saturated heterocycles. The molecule has 0 saturated carbocycles. The van der Waals surface area contributed by atoms with Crippen LogP contribution in [0.1, 0.15) is 10.4 Å². The average molecular weight is 350 g/mol. The van der Waals surface area contributed by atoms with E-state index in [0.29, 0.717) is 10.0 Å². The standard InChI is InChI=1S/C14H12ClN5O2S/c1-8-4-2-3-5-9(8)17-13-19-12(15)10(23-13)6-16-20-7-11(21)18-14(20)22/h2-6H,7H2,1H3,(H,17,19)(H,18,21,22)/b16-6+. The summed E-state index contributed by atoms with van der Waals surface area (Å²) in [6.07, 6.45) is 1.42. The molecule has 0 unspecified atom stereocenters. The second-order valence-corrected chi connectivity index (χ2v) is 6.16. The highest BCUT2D eigenvalue weighted by Crippen LogP contribution is 2.29. The minimum atomic E-state index is -0.551. The van der Waals surface area contributed by atoms with Crippen LogP contribution >= 0.6 is 22.9 Å². The van der Waals surface area contributed by atoms with Crippen LogP contribution in [0.4, 0.5) is 15.6 Å². The van der Waals surface area contributed by atoms with Gasteiger partial charge in [-0.05, 0) is 18.6 Å². The van der Waals surface area contributed by atoms with Gasteiger partial charge in [-0.2, -0.15) is 5.10 Å². The van der Waals surface area contributed by atoms with Crippen molar-refractivity contribution < 1.29 is 9.59 Å². The summed E-state index contributed by atoms with van der Waals surface area (Å²) >= 11 is 7.39. The predicted molar refractivity (Wildman–Crippen MR) is 89.4 cm³/mol. The molecule has 1 aliphatic heterocycles. The van der Waals surface area contributed by atoms with Gasteiger partial charge in [0.15, 0.2) is 10.3 Å². The number of para-hydroxylation sites is 1. The lowest BCUT2D eigenvalue weighted by molar-refractivity contribution is -0.118. The molecule has 0 aliphatic carbocycles. The quantitative estimate of drug-likeness (QED) is 0.656. The van der Waals surface area contributed by atoms with Gasteiger partial charge in [-0.1, -0.05) is 41.1 Å². The summed E-state index contributed by atoms with van der Waals surface area (Å²) in [6.45, 7) is 1.89. The number of carbonyl (C=O) groups excluding carboxylic acids is 2. The Kier molecular flexibility index (Phi) is 4.26. The van der Waals surface area contributed by atoms with Gasteiger partial charge in [0.2, 0.25) is 5.91 Å². The largest absolute Gasteiger partial charge is 0.344 e. The highest BCUT2D eigenvalue weighted by atomic mass is 35.5. The monoisotopic (exact) mass is 349 g/mol. The minimum absolute atomic E-state index is 0.0971. The summed E-state index contributed by atoms with van der Waals surface area (Å²) in [5.41, 5.74) is 2.02. The number of nitrogens with zero attached hydrogens (tertiary/aromatic N) is 3. The summed E-state index contributed by atoms with van der Waals surface area (Å²) in [7, 11) is 0. The maximum absolute atomic E-state index is 11.4. The molecule has 2 heterocycles. The normalized spacial score (nSPS) is 14.6. The van der Waals surface area contributed by atoms with E-state index in [1.165, 1.54) is 17.6 Å². The molecular formula is C14H12ClN5O2S. The molecule has 1 aromatic carbocycles. The Bertz CT molecular complexity index is 804. The van der Waals surface area contributed by atoms with Crippen molar-refractivity contribution in [1.29, 1.82) is 0 Å². The third-order valence-electron chi connectivity index (χ3n) is 3.08. The number of amides is 3. The van der Waals surface area contributed by atoms with Crippen molar-refractivity contribution >= 4 is 51.9 Å². The molecule has 1 fully saturated rings.